The summed E-state index contributed by atoms with van der Waals surface area (Å²) in [6.45, 7) is 0.277. The van der Waals surface area contributed by atoms with Crippen molar-refractivity contribution in [2.75, 3.05) is 13.6 Å². The Morgan fingerprint density at radius 1 is 1.56 bits per heavy atom. The lowest BCUT2D eigenvalue weighted by molar-refractivity contribution is -0.149. The number of nitrogens with zero attached hydrogens (tertiary/aromatic N) is 1. The summed E-state index contributed by atoms with van der Waals surface area (Å²) in [5, 5.41) is 2.48. The van der Waals surface area contributed by atoms with Crippen molar-refractivity contribution in [2.45, 2.75) is 31.7 Å². The van der Waals surface area contributed by atoms with Gasteiger partial charge in [0.25, 0.3) is 0 Å². The zero-order chi connectivity index (χ0) is 12.1. The Balaban J connectivity index is 2.42. The van der Waals surface area contributed by atoms with E-state index in [0.717, 1.165) is 4.90 Å². The molecule has 1 unspecified atom stereocenters. The fourth-order valence-electron chi connectivity index (χ4n) is 1.62. The Bertz CT molecular complexity index is 304. The minimum atomic E-state index is -0.572. The summed E-state index contributed by atoms with van der Waals surface area (Å²) < 4.78 is 0. The van der Waals surface area contributed by atoms with Gasteiger partial charge in [0.1, 0.15) is 0 Å². The molecule has 0 bridgehead atoms. The molecule has 16 heavy (non-hydrogen) atoms. The minimum Gasteiger partial charge on any atom is -0.359 e. The third-order valence-electron chi connectivity index (χ3n) is 2.62. The molecule has 3 amide bonds. The Morgan fingerprint density at radius 2 is 2.25 bits per heavy atom. The van der Waals surface area contributed by atoms with Crippen molar-refractivity contribution < 1.29 is 14.4 Å². The van der Waals surface area contributed by atoms with Gasteiger partial charge in [0.2, 0.25) is 17.7 Å². The average molecular weight is 227 g/mol. The molecule has 0 aromatic rings. The number of hydrogen-bond donors (Lipinski definition) is 2. The van der Waals surface area contributed by atoms with Gasteiger partial charge in [-0.25, -0.2) is 0 Å². The molecule has 0 aromatic heterocycles. The maximum atomic E-state index is 11.6. The van der Waals surface area contributed by atoms with Gasteiger partial charge in [-0.2, -0.15) is 0 Å². The van der Waals surface area contributed by atoms with E-state index in [4.69, 9.17) is 5.73 Å². The van der Waals surface area contributed by atoms with E-state index in [-0.39, 0.29) is 24.3 Å². The van der Waals surface area contributed by atoms with E-state index in [2.05, 4.69) is 5.32 Å². The number of amides is 3. The number of carbonyl (C=O) groups is 3. The predicted octanol–water partition coefficient (Wildman–Crippen LogP) is -1.01. The number of nitrogens with two attached hydrogens (primary N) is 1. The molecule has 0 radical (unpaired) electrons. The first-order valence-electron chi connectivity index (χ1n) is 5.36. The van der Waals surface area contributed by atoms with Gasteiger partial charge in [0, 0.05) is 26.4 Å². The molecule has 1 atom stereocenters. The molecule has 1 aliphatic rings. The van der Waals surface area contributed by atoms with E-state index in [1.165, 1.54) is 0 Å². The molecular formula is C10H17N3O3. The molecular weight excluding hydrogens is 210 g/mol. The molecule has 90 valence electrons. The van der Waals surface area contributed by atoms with Gasteiger partial charge in [-0.1, -0.05) is 0 Å². The van der Waals surface area contributed by atoms with E-state index in [1.807, 2.05) is 0 Å². The highest BCUT2D eigenvalue weighted by Gasteiger charge is 2.31. The molecule has 1 aliphatic heterocycles. The second-order valence-electron chi connectivity index (χ2n) is 3.81. The molecule has 1 fully saturated rings. The summed E-state index contributed by atoms with van der Waals surface area (Å²) in [6, 6.07) is -0.572. The first-order valence-corrected chi connectivity index (χ1v) is 5.36. The van der Waals surface area contributed by atoms with Crippen molar-refractivity contribution in [1.82, 2.24) is 10.2 Å². The standard InChI is InChI=1S/C10H17N3O3/c1-12-8(14)3-2-6-13-9(15)5-4-7(11)10(13)16/h7H,2-6,11H2,1H3,(H,12,14). The van der Waals surface area contributed by atoms with Crippen LogP contribution in [-0.4, -0.2) is 42.3 Å². The van der Waals surface area contributed by atoms with Gasteiger partial charge in [-0.05, 0) is 12.8 Å². The highest BCUT2D eigenvalue weighted by atomic mass is 16.2. The summed E-state index contributed by atoms with van der Waals surface area (Å²) in [5.41, 5.74) is 5.57. The zero-order valence-corrected chi connectivity index (χ0v) is 9.36. The van der Waals surface area contributed by atoms with Gasteiger partial charge in [-0.15, -0.1) is 0 Å². The molecule has 0 aliphatic carbocycles. The summed E-state index contributed by atoms with van der Waals surface area (Å²) in [4.78, 5) is 35.1. The van der Waals surface area contributed by atoms with Crippen molar-refractivity contribution in [2.24, 2.45) is 5.73 Å². The third-order valence-corrected chi connectivity index (χ3v) is 2.62. The lowest BCUT2D eigenvalue weighted by atomic mass is 10.0. The lowest BCUT2D eigenvalue weighted by Gasteiger charge is -2.28. The normalized spacial score (nSPS) is 21.1. The predicted molar refractivity (Wildman–Crippen MR) is 57.2 cm³/mol. The molecule has 1 saturated heterocycles. The van der Waals surface area contributed by atoms with E-state index >= 15 is 0 Å². The number of carbonyl (C=O) groups excluding carboxylic acids is 3. The van der Waals surface area contributed by atoms with Crippen LogP contribution in [-0.2, 0) is 14.4 Å². The van der Waals surface area contributed by atoms with E-state index in [9.17, 15) is 14.4 Å². The lowest BCUT2D eigenvalue weighted by Crippen LogP contribution is -2.51. The van der Waals surface area contributed by atoms with E-state index in [0.29, 0.717) is 25.7 Å². The first kappa shape index (κ1) is 12.6. The molecule has 1 heterocycles. The molecule has 6 heteroatoms. The summed E-state index contributed by atoms with van der Waals surface area (Å²) in [5.74, 6) is -0.613. The highest BCUT2D eigenvalue weighted by molar-refractivity contribution is 6.00. The Morgan fingerprint density at radius 3 is 2.88 bits per heavy atom. The van der Waals surface area contributed by atoms with Crippen molar-refractivity contribution in [3.8, 4) is 0 Å². The first-order chi connectivity index (χ1) is 7.56. The van der Waals surface area contributed by atoms with Crippen LogP contribution in [0.25, 0.3) is 0 Å². The summed E-state index contributed by atoms with van der Waals surface area (Å²) in [6.07, 6.45) is 1.52. The molecule has 0 saturated carbocycles. The molecule has 3 N–H and O–H groups in total. The van der Waals surface area contributed by atoms with Gasteiger partial charge in [0.15, 0.2) is 0 Å². The van der Waals surface area contributed by atoms with Crippen LogP contribution >= 0.6 is 0 Å². The summed E-state index contributed by atoms with van der Waals surface area (Å²) >= 11 is 0. The van der Waals surface area contributed by atoms with Gasteiger partial charge < -0.3 is 11.1 Å². The second-order valence-corrected chi connectivity index (χ2v) is 3.81. The average Bonchev–Trinajstić information content (AvgIpc) is 2.28. The number of rotatable bonds is 4. The maximum absolute atomic E-state index is 11.6. The van der Waals surface area contributed by atoms with Crippen LogP contribution in [0.1, 0.15) is 25.7 Å². The zero-order valence-electron chi connectivity index (χ0n) is 9.36. The van der Waals surface area contributed by atoms with Crippen LogP contribution in [0.4, 0.5) is 0 Å². The fourth-order valence-corrected chi connectivity index (χ4v) is 1.62. The van der Waals surface area contributed by atoms with Crippen LogP contribution in [0.2, 0.25) is 0 Å². The smallest absolute Gasteiger partial charge is 0.246 e. The monoisotopic (exact) mass is 227 g/mol. The minimum absolute atomic E-state index is 0.0961. The number of hydrogen-bond acceptors (Lipinski definition) is 4. The van der Waals surface area contributed by atoms with Gasteiger partial charge in [0.05, 0.1) is 6.04 Å². The van der Waals surface area contributed by atoms with Crippen molar-refractivity contribution in [3.63, 3.8) is 0 Å². The fraction of sp³-hybridized carbons (Fsp3) is 0.700. The summed E-state index contributed by atoms with van der Waals surface area (Å²) in [7, 11) is 1.55. The van der Waals surface area contributed by atoms with E-state index < -0.39 is 6.04 Å². The number of piperidine rings is 1. The number of likely N-dealkylation sites (tertiary alicyclic amines) is 1. The maximum Gasteiger partial charge on any atom is 0.246 e. The van der Waals surface area contributed by atoms with Crippen LogP contribution in [0.15, 0.2) is 0 Å². The topological polar surface area (TPSA) is 92.5 Å². The largest absolute Gasteiger partial charge is 0.359 e. The van der Waals surface area contributed by atoms with Gasteiger partial charge >= 0.3 is 0 Å². The van der Waals surface area contributed by atoms with Crippen molar-refractivity contribution in [1.29, 1.82) is 0 Å². The molecule has 6 nitrogen and oxygen atoms in total. The van der Waals surface area contributed by atoms with E-state index in [1.54, 1.807) is 7.05 Å². The second kappa shape index (κ2) is 5.60. The Kier molecular flexibility index (Phi) is 4.42. The third kappa shape index (κ3) is 3.03. The van der Waals surface area contributed by atoms with Gasteiger partial charge in [-0.3, -0.25) is 19.3 Å². The van der Waals surface area contributed by atoms with Crippen LogP contribution < -0.4 is 11.1 Å². The molecule has 1 rings (SSSR count). The van der Waals surface area contributed by atoms with Crippen LogP contribution in [0.3, 0.4) is 0 Å². The van der Waals surface area contributed by atoms with Crippen molar-refractivity contribution >= 4 is 17.7 Å². The Labute approximate surface area is 94.2 Å². The number of imide groups is 1. The SMILES string of the molecule is CNC(=O)CCCN1C(=O)CCC(N)C1=O. The highest BCUT2D eigenvalue weighted by Crippen LogP contribution is 2.12. The Hall–Kier alpha value is -1.43. The van der Waals surface area contributed by atoms with Crippen LogP contribution in [0, 0.1) is 0 Å². The number of nitrogens with one attached hydrogen (secondary N) is 1. The molecule has 0 spiro atoms. The molecule has 0 aromatic carbocycles. The van der Waals surface area contributed by atoms with Crippen LogP contribution in [0.5, 0.6) is 0 Å². The van der Waals surface area contributed by atoms with Crippen molar-refractivity contribution in [3.05, 3.63) is 0 Å². The quantitative estimate of drug-likeness (QED) is 0.602.